The molecule has 0 bridgehead atoms. The average molecular weight is 464 g/mol. The van der Waals surface area contributed by atoms with Gasteiger partial charge in [-0.25, -0.2) is 0 Å². The summed E-state index contributed by atoms with van der Waals surface area (Å²) in [4.78, 5) is 42.3. The van der Waals surface area contributed by atoms with Crippen molar-refractivity contribution >= 4 is 29.1 Å². The Morgan fingerprint density at radius 2 is 1.73 bits per heavy atom. The minimum absolute atomic E-state index is 0.0114. The number of hydrogen-bond donors (Lipinski definition) is 1. The van der Waals surface area contributed by atoms with E-state index < -0.39 is 6.04 Å². The molecule has 1 unspecified atom stereocenters. The number of carbonyl (C=O) groups excluding carboxylic acids is 3. The van der Waals surface area contributed by atoms with Crippen LogP contribution in [0.5, 0.6) is 0 Å². The summed E-state index contributed by atoms with van der Waals surface area (Å²) in [7, 11) is 0. The number of nitrogens with one attached hydrogen (secondary N) is 1. The van der Waals surface area contributed by atoms with Crippen LogP contribution in [0.2, 0.25) is 0 Å². The lowest BCUT2D eigenvalue weighted by molar-refractivity contribution is -0.136. The van der Waals surface area contributed by atoms with Gasteiger partial charge in [0.2, 0.25) is 11.8 Å². The first-order valence-corrected chi connectivity index (χ1v) is 12.3. The summed E-state index contributed by atoms with van der Waals surface area (Å²) >= 11 is 1.59. The highest BCUT2D eigenvalue weighted by Gasteiger charge is 2.43. The third-order valence-corrected chi connectivity index (χ3v) is 7.51. The summed E-state index contributed by atoms with van der Waals surface area (Å²) in [6.45, 7) is 4.15. The number of likely N-dealkylation sites (tertiary alicyclic amines) is 2. The molecular weight excluding hydrogens is 434 g/mol. The van der Waals surface area contributed by atoms with Crippen molar-refractivity contribution in [2.24, 2.45) is 5.41 Å². The minimum Gasteiger partial charge on any atom is -0.344 e. The second kappa shape index (κ2) is 10.2. The summed E-state index contributed by atoms with van der Waals surface area (Å²) in [5.74, 6) is 5.36. The third-order valence-electron chi connectivity index (χ3n) is 6.61. The lowest BCUT2D eigenvalue weighted by Crippen LogP contribution is -2.50. The molecule has 0 saturated carbocycles. The van der Waals surface area contributed by atoms with E-state index >= 15 is 0 Å². The SMILES string of the molecule is CC(=O)NC(Cc1cccs1)C(=O)N1CCC2(CCN(C(=O)C#Cc3ccccc3)CC2)C1. The second-order valence-electron chi connectivity index (χ2n) is 8.95. The molecule has 6 nitrogen and oxygen atoms in total. The van der Waals surface area contributed by atoms with Crippen LogP contribution in [0, 0.1) is 17.3 Å². The van der Waals surface area contributed by atoms with E-state index in [0.29, 0.717) is 32.6 Å². The Morgan fingerprint density at radius 1 is 1.03 bits per heavy atom. The van der Waals surface area contributed by atoms with E-state index in [0.717, 1.165) is 29.7 Å². The molecule has 1 aromatic heterocycles. The fourth-order valence-corrected chi connectivity index (χ4v) is 5.49. The second-order valence-corrected chi connectivity index (χ2v) is 9.99. The van der Waals surface area contributed by atoms with Gasteiger partial charge in [-0.1, -0.05) is 30.2 Å². The van der Waals surface area contributed by atoms with Crippen LogP contribution >= 0.6 is 11.3 Å². The average Bonchev–Trinajstić information content (AvgIpc) is 3.48. The maximum absolute atomic E-state index is 13.3. The van der Waals surface area contributed by atoms with Gasteiger partial charge in [0.05, 0.1) is 0 Å². The van der Waals surface area contributed by atoms with Gasteiger partial charge in [-0.05, 0) is 48.3 Å². The molecule has 2 aromatic rings. The normalized spacial score (nSPS) is 17.8. The van der Waals surface area contributed by atoms with Gasteiger partial charge in [-0.15, -0.1) is 11.3 Å². The first-order valence-electron chi connectivity index (χ1n) is 11.4. The maximum atomic E-state index is 13.3. The van der Waals surface area contributed by atoms with E-state index in [-0.39, 0.29) is 23.1 Å². The van der Waals surface area contributed by atoms with Crippen molar-refractivity contribution in [3.05, 3.63) is 58.3 Å². The molecule has 2 aliphatic rings. The van der Waals surface area contributed by atoms with Crippen LogP contribution in [0.4, 0.5) is 0 Å². The van der Waals surface area contributed by atoms with Gasteiger partial charge < -0.3 is 15.1 Å². The number of nitrogens with zero attached hydrogens (tertiary/aromatic N) is 2. The summed E-state index contributed by atoms with van der Waals surface area (Å²) < 4.78 is 0. The first-order chi connectivity index (χ1) is 15.9. The number of thiophene rings is 1. The number of hydrogen-bond acceptors (Lipinski definition) is 4. The highest BCUT2D eigenvalue weighted by molar-refractivity contribution is 7.09. The summed E-state index contributed by atoms with van der Waals surface area (Å²) in [5, 5.41) is 4.83. The standard InChI is InChI=1S/C26H29N3O3S/c1-20(30)27-23(18-22-8-5-17-33-22)25(32)29-16-13-26(19-29)11-14-28(15-12-26)24(31)10-9-21-6-3-2-4-7-21/h2-8,17,23H,11-16,18-19H2,1H3,(H,27,30). The molecular formula is C26H29N3O3S. The van der Waals surface area contributed by atoms with Gasteiger partial charge in [0.15, 0.2) is 0 Å². The summed E-state index contributed by atoms with van der Waals surface area (Å²) in [6.07, 6.45) is 3.18. The van der Waals surface area contributed by atoms with Crippen LogP contribution in [0.25, 0.3) is 0 Å². The molecule has 2 aliphatic heterocycles. The Labute approximate surface area is 199 Å². The van der Waals surface area contributed by atoms with Gasteiger partial charge in [0.1, 0.15) is 6.04 Å². The van der Waals surface area contributed by atoms with Crippen molar-refractivity contribution in [2.75, 3.05) is 26.2 Å². The van der Waals surface area contributed by atoms with E-state index in [1.165, 1.54) is 6.92 Å². The van der Waals surface area contributed by atoms with Crippen LogP contribution in [0.1, 0.15) is 36.6 Å². The van der Waals surface area contributed by atoms with Gasteiger partial charge in [0, 0.05) is 55.9 Å². The van der Waals surface area contributed by atoms with Crippen molar-refractivity contribution in [1.29, 1.82) is 0 Å². The Bertz CT molecular complexity index is 1050. The Morgan fingerprint density at radius 3 is 2.36 bits per heavy atom. The molecule has 4 rings (SSSR count). The summed E-state index contributed by atoms with van der Waals surface area (Å²) in [5.41, 5.74) is 0.878. The molecule has 0 radical (unpaired) electrons. The zero-order valence-corrected chi connectivity index (χ0v) is 19.7. The van der Waals surface area contributed by atoms with E-state index in [1.54, 1.807) is 11.3 Å². The smallest absolute Gasteiger partial charge is 0.298 e. The molecule has 172 valence electrons. The van der Waals surface area contributed by atoms with Crippen molar-refractivity contribution in [3.63, 3.8) is 0 Å². The predicted octanol–water partition coefficient (Wildman–Crippen LogP) is 2.69. The monoisotopic (exact) mass is 463 g/mol. The van der Waals surface area contributed by atoms with Crippen LogP contribution in [0.3, 0.4) is 0 Å². The zero-order valence-electron chi connectivity index (χ0n) is 18.9. The molecule has 1 N–H and O–H groups in total. The van der Waals surface area contributed by atoms with E-state index in [2.05, 4.69) is 17.2 Å². The highest BCUT2D eigenvalue weighted by atomic mass is 32.1. The topological polar surface area (TPSA) is 69.7 Å². The van der Waals surface area contributed by atoms with Crippen molar-refractivity contribution in [1.82, 2.24) is 15.1 Å². The molecule has 2 fully saturated rings. The highest BCUT2D eigenvalue weighted by Crippen LogP contribution is 2.40. The van der Waals surface area contributed by atoms with Gasteiger partial charge >= 0.3 is 0 Å². The van der Waals surface area contributed by atoms with Gasteiger partial charge in [0.25, 0.3) is 5.91 Å². The van der Waals surface area contributed by atoms with E-state index in [4.69, 9.17) is 0 Å². The fraction of sp³-hybridized carbons (Fsp3) is 0.423. The van der Waals surface area contributed by atoms with Gasteiger partial charge in [-0.2, -0.15) is 0 Å². The van der Waals surface area contributed by atoms with E-state index in [9.17, 15) is 14.4 Å². The van der Waals surface area contributed by atoms with Crippen LogP contribution in [-0.4, -0.2) is 59.7 Å². The minimum atomic E-state index is -0.536. The fourth-order valence-electron chi connectivity index (χ4n) is 4.74. The lowest BCUT2D eigenvalue weighted by atomic mass is 9.78. The molecule has 1 atom stereocenters. The van der Waals surface area contributed by atoms with Crippen molar-refractivity contribution < 1.29 is 14.4 Å². The molecule has 7 heteroatoms. The molecule has 3 heterocycles. The van der Waals surface area contributed by atoms with Crippen LogP contribution < -0.4 is 5.32 Å². The van der Waals surface area contributed by atoms with Gasteiger partial charge in [-0.3, -0.25) is 14.4 Å². The van der Waals surface area contributed by atoms with Crippen LogP contribution in [-0.2, 0) is 20.8 Å². The van der Waals surface area contributed by atoms with E-state index in [1.807, 2.05) is 57.6 Å². The number of amides is 3. The number of rotatable bonds is 4. The quantitative estimate of drug-likeness (QED) is 0.709. The zero-order chi connectivity index (χ0) is 23.3. The molecule has 33 heavy (non-hydrogen) atoms. The predicted molar refractivity (Wildman–Crippen MR) is 128 cm³/mol. The third kappa shape index (κ3) is 5.82. The first kappa shape index (κ1) is 23.1. The lowest BCUT2D eigenvalue weighted by Gasteiger charge is -2.38. The van der Waals surface area contributed by atoms with Crippen molar-refractivity contribution in [2.45, 2.75) is 38.6 Å². The molecule has 0 aliphatic carbocycles. The van der Waals surface area contributed by atoms with Crippen molar-refractivity contribution in [3.8, 4) is 11.8 Å². The Kier molecular flexibility index (Phi) is 7.14. The largest absolute Gasteiger partial charge is 0.344 e. The molecule has 1 aromatic carbocycles. The molecule has 1 spiro atoms. The summed E-state index contributed by atoms with van der Waals surface area (Å²) in [6, 6.07) is 12.9. The number of benzene rings is 1. The number of carbonyl (C=O) groups is 3. The Hall–Kier alpha value is -3.11. The molecule has 3 amide bonds. The number of piperidine rings is 1. The van der Waals surface area contributed by atoms with Crippen LogP contribution in [0.15, 0.2) is 47.8 Å². The maximum Gasteiger partial charge on any atom is 0.298 e. The Balaban J connectivity index is 1.33. The molecule has 2 saturated heterocycles.